The Morgan fingerprint density at radius 3 is 2.62 bits per heavy atom. The molecule has 9 nitrogen and oxygen atoms in total. The fourth-order valence-corrected chi connectivity index (χ4v) is 4.49. The lowest BCUT2D eigenvalue weighted by Crippen LogP contribution is -2.37. The topological polar surface area (TPSA) is 94.1 Å². The number of thiophene rings is 1. The molecule has 1 amide bonds. The number of nitrogens with zero attached hydrogens (tertiary/aromatic N) is 4. The lowest BCUT2D eigenvalue weighted by Gasteiger charge is -2.28. The maximum atomic E-state index is 13.0. The third-order valence-electron chi connectivity index (χ3n) is 4.71. The molecule has 1 aliphatic rings. The average Bonchev–Trinajstić information content (AvgIpc) is 3.13. The smallest absolute Gasteiger partial charge is 0.415 e. The van der Waals surface area contributed by atoms with Crippen molar-refractivity contribution in [3.63, 3.8) is 0 Å². The van der Waals surface area contributed by atoms with E-state index in [-0.39, 0.29) is 12.4 Å². The summed E-state index contributed by atoms with van der Waals surface area (Å²) in [5.74, 6) is 1.27. The summed E-state index contributed by atoms with van der Waals surface area (Å²) >= 11 is 1.46. The summed E-state index contributed by atoms with van der Waals surface area (Å²) in [5.41, 5.74) is 0.153. The second kappa shape index (κ2) is 10.4. The Balaban J connectivity index is 1.91. The maximum absolute atomic E-state index is 13.0. The van der Waals surface area contributed by atoms with Gasteiger partial charge in [-0.3, -0.25) is 9.69 Å². The number of hydrogen-bond donors (Lipinski definition) is 0. The van der Waals surface area contributed by atoms with Gasteiger partial charge >= 0.3 is 12.1 Å². The third kappa shape index (κ3) is 6.29. The first kappa shape index (κ1) is 24.2. The predicted octanol–water partition coefficient (Wildman–Crippen LogP) is 3.92. The van der Waals surface area contributed by atoms with Gasteiger partial charge in [0.15, 0.2) is 5.82 Å². The van der Waals surface area contributed by atoms with E-state index in [4.69, 9.17) is 14.2 Å². The minimum atomic E-state index is -0.636. The lowest BCUT2D eigenvalue weighted by atomic mass is 10.2. The Morgan fingerprint density at radius 2 is 1.97 bits per heavy atom. The largest absolute Gasteiger partial charge is 0.466 e. The minimum Gasteiger partial charge on any atom is -0.466 e. The maximum Gasteiger partial charge on any atom is 0.415 e. The van der Waals surface area contributed by atoms with Crippen LogP contribution in [0.5, 0.6) is 0 Å². The fourth-order valence-electron chi connectivity index (χ4n) is 3.36. The molecular weight excluding hydrogens is 432 g/mol. The summed E-state index contributed by atoms with van der Waals surface area (Å²) in [6, 6.07) is 1.90. The molecule has 0 aromatic carbocycles. The van der Waals surface area contributed by atoms with Crippen LogP contribution in [0.25, 0.3) is 10.2 Å². The van der Waals surface area contributed by atoms with E-state index in [0.29, 0.717) is 43.6 Å². The second-order valence-corrected chi connectivity index (χ2v) is 9.56. The molecular formula is C22H32N4O5S. The molecule has 0 atom stereocenters. The van der Waals surface area contributed by atoms with E-state index in [9.17, 15) is 9.59 Å². The highest BCUT2D eigenvalue weighted by Crippen LogP contribution is 2.38. The number of esters is 1. The molecule has 0 aliphatic carbocycles. The van der Waals surface area contributed by atoms with E-state index in [1.54, 1.807) is 11.8 Å². The highest BCUT2D eigenvalue weighted by atomic mass is 32.1. The second-order valence-electron chi connectivity index (χ2n) is 8.53. The van der Waals surface area contributed by atoms with Crippen LogP contribution in [0.2, 0.25) is 0 Å². The first-order chi connectivity index (χ1) is 15.2. The quantitative estimate of drug-likeness (QED) is 0.569. The van der Waals surface area contributed by atoms with Gasteiger partial charge in [0.1, 0.15) is 16.4 Å². The van der Waals surface area contributed by atoms with Gasteiger partial charge in [0.05, 0.1) is 30.0 Å². The van der Waals surface area contributed by atoms with Gasteiger partial charge in [-0.15, -0.1) is 11.3 Å². The molecule has 1 aliphatic heterocycles. The molecule has 0 N–H and O–H groups in total. The molecule has 2 aromatic heterocycles. The zero-order valence-electron chi connectivity index (χ0n) is 19.5. The molecule has 2 aromatic rings. The van der Waals surface area contributed by atoms with Crippen molar-refractivity contribution in [1.82, 2.24) is 9.97 Å². The standard InChI is InChI=1S/C22H32N4O5S/c1-6-30-18(27)8-7-9-26(21(28)31-22(3,4)5)17-14-16-19(32-17)20(24-15(2)23-16)25-10-12-29-13-11-25/h14H,6-13H2,1-5H3. The van der Waals surface area contributed by atoms with Crippen LogP contribution in [0, 0.1) is 6.92 Å². The molecule has 0 saturated carbocycles. The van der Waals surface area contributed by atoms with Crippen LogP contribution in [-0.2, 0) is 19.0 Å². The number of ether oxygens (including phenoxy) is 3. The number of carbonyl (C=O) groups is 2. The molecule has 1 saturated heterocycles. The number of rotatable bonds is 7. The van der Waals surface area contributed by atoms with Crippen molar-refractivity contribution in [3.05, 3.63) is 11.9 Å². The van der Waals surface area contributed by atoms with E-state index in [0.717, 1.165) is 29.1 Å². The van der Waals surface area contributed by atoms with E-state index in [2.05, 4.69) is 14.9 Å². The molecule has 1 fully saturated rings. The molecule has 32 heavy (non-hydrogen) atoms. The Morgan fingerprint density at radius 1 is 1.25 bits per heavy atom. The average molecular weight is 465 g/mol. The van der Waals surface area contributed by atoms with Crippen molar-refractivity contribution >= 4 is 44.4 Å². The Kier molecular flexibility index (Phi) is 7.89. The van der Waals surface area contributed by atoms with Crippen LogP contribution in [0.4, 0.5) is 15.6 Å². The molecule has 10 heteroatoms. The number of aromatic nitrogens is 2. The third-order valence-corrected chi connectivity index (χ3v) is 5.85. The summed E-state index contributed by atoms with van der Waals surface area (Å²) in [6.07, 6.45) is 0.245. The summed E-state index contributed by atoms with van der Waals surface area (Å²) in [6.45, 7) is 12.6. The van der Waals surface area contributed by atoms with Crippen molar-refractivity contribution in [3.8, 4) is 0 Å². The van der Waals surface area contributed by atoms with Crippen LogP contribution in [0.15, 0.2) is 6.07 Å². The van der Waals surface area contributed by atoms with Crippen LogP contribution in [0.1, 0.15) is 46.4 Å². The number of hydrogen-bond acceptors (Lipinski definition) is 9. The van der Waals surface area contributed by atoms with Crippen LogP contribution in [0.3, 0.4) is 0 Å². The number of morpholine rings is 1. The predicted molar refractivity (Wildman–Crippen MR) is 125 cm³/mol. The van der Waals surface area contributed by atoms with Crippen molar-refractivity contribution < 1.29 is 23.8 Å². The summed E-state index contributed by atoms with van der Waals surface area (Å²) < 4.78 is 17.0. The van der Waals surface area contributed by atoms with Gasteiger partial charge in [0, 0.05) is 26.1 Å². The van der Waals surface area contributed by atoms with E-state index in [1.165, 1.54) is 11.3 Å². The van der Waals surface area contributed by atoms with Crippen molar-refractivity contribution in [2.45, 2.75) is 53.1 Å². The molecule has 0 bridgehead atoms. The summed E-state index contributed by atoms with van der Waals surface area (Å²) in [5, 5.41) is 0.715. The zero-order valence-corrected chi connectivity index (χ0v) is 20.3. The SMILES string of the molecule is CCOC(=O)CCCN(C(=O)OC(C)(C)C)c1cc2nc(C)nc(N3CCOCC3)c2s1. The van der Waals surface area contributed by atoms with E-state index < -0.39 is 11.7 Å². The Hall–Kier alpha value is -2.46. The van der Waals surface area contributed by atoms with Gasteiger partial charge in [-0.2, -0.15) is 0 Å². The van der Waals surface area contributed by atoms with Crippen LogP contribution in [-0.4, -0.2) is 67.1 Å². The summed E-state index contributed by atoms with van der Waals surface area (Å²) in [7, 11) is 0. The van der Waals surface area contributed by atoms with Crippen molar-refractivity contribution in [2.24, 2.45) is 0 Å². The molecule has 0 spiro atoms. The van der Waals surface area contributed by atoms with Gasteiger partial charge in [-0.05, 0) is 47.1 Å². The van der Waals surface area contributed by atoms with Gasteiger partial charge in [0.25, 0.3) is 0 Å². The molecule has 0 radical (unpaired) electrons. The number of carbonyl (C=O) groups excluding carboxylic acids is 2. The van der Waals surface area contributed by atoms with Crippen molar-refractivity contribution in [2.75, 3.05) is 49.3 Å². The normalized spacial score (nSPS) is 14.5. The Bertz CT molecular complexity index is 950. The Labute approximate surface area is 192 Å². The van der Waals surface area contributed by atoms with Gasteiger partial charge in [-0.25, -0.2) is 14.8 Å². The van der Waals surface area contributed by atoms with Crippen LogP contribution < -0.4 is 9.80 Å². The molecule has 176 valence electrons. The number of aryl methyl sites for hydroxylation is 1. The van der Waals surface area contributed by atoms with E-state index >= 15 is 0 Å². The molecule has 3 heterocycles. The minimum absolute atomic E-state index is 0.232. The number of fused-ring (bicyclic) bond motifs is 1. The monoisotopic (exact) mass is 464 g/mol. The van der Waals surface area contributed by atoms with Gasteiger partial charge < -0.3 is 19.1 Å². The zero-order chi connectivity index (χ0) is 23.3. The number of amides is 1. The highest BCUT2D eigenvalue weighted by Gasteiger charge is 2.27. The van der Waals surface area contributed by atoms with Gasteiger partial charge in [-0.1, -0.05) is 0 Å². The highest BCUT2D eigenvalue weighted by molar-refractivity contribution is 7.23. The van der Waals surface area contributed by atoms with Crippen molar-refractivity contribution in [1.29, 1.82) is 0 Å². The van der Waals surface area contributed by atoms with Gasteiger partial charge in [0.2, 0.25) is 0 Å². The fraction of sp³-hybridized carbons (Fsp3) is 0.636. The first-order valence-corrected chi connectivity index (χ1v) is 11.8. The summed E-state index contributed by atoms with van der Waals surface area (Å²) in [4.78, 5) is 37.8. The first-order valence-electron chi connectivity index (χ1n) is 10.9. The van der Waals surface area contributed by atoms with E-state index in [1.807, 2.05) is 33.8 Å². The molecule has 0 unspecified atom stereocenters. The van der Waals surface area contributed by atoms with Crippen LogP contribution >= 0.6 is 11.3 Å². The lowest BCUT2D eigenvalue weighted by molar-refractivity contribution is -0.143. The molecule has 3 rings (SSSR count). The number of anilines is 2.